The van der Waals surface area contributed by atoms with Crippen LogP contribution in [-0.4, -0.2) is 23.7 Å². The minimum atomic E-state index is -0.550. The molecule has 0 aliphatic rings. The molecule has 16 heavy (non-hydrogen) atoms. The lowest BCUT2D eigenvalue weighted by Gasteiger charge is -2.04. The van der Waals surface area contributed by atoms with E-state index in [4.69, 9.17) is 21.4 Å². The number of halogens is 1. The van der Waals surface area contributed by atoms with E-state index in [1.807, 2.05) is 0 Å². The summed E-state index contributed by atoms with van der Waals surface area (Å²) in [5.74, 6) is 0.108. The van der Waals surface area contributed by atoms with Crippen LogP contribution >= 0.6 is 11.6 Å². The standard InChI is InChI=1S/C10H10ClNO4/c1-16-10-6-8(11)7(3-2-4-13)5-9(10)12(14)15/h2-3,5-6,13H,4H2,1H3. The second-order valence-electron chi connectivity index (χ2n) is 2.89. The minimum Gasteiger partial charge on any atom is -0.490 e. The highest BCUT2D eigenvalue weighted by Gasteiger charge is 2.17. The van der Waals surface area contributed by atoms with Crippen LogP contribution < -0.4 is 4.74 Å². The number of hydrogen-bond acceptors (Lipinski definition) is 4. The summed E-state index contributed by atoms with van der Waals surface area (Å²) in [5.41, 5.74) is 0.299. The normalized spacial score (nSPS) is 10.7. The Balaban J connectivity index is 3.27. The van der Waals surface area contributed by atoms with Gasteiger partial charge in [0.1, 0.15) is 0 Å². The molecule has 0 aliphatic heterocycles. The molecule has 0 radical (unpaired) electrons. The summed E-state index contributed by atoms with van der Waals surface area (Å²) in [6, 6.07) is 2.67. The summed E-state index contributed by atoms with van der Waals surface area (Å²) in [5, 5.41) is 19.7. The van der Waals surface area contributed by atoms with Crippen LogP contribution in [0.4, 0.5) is 5.69 Å². The van der Waals surface area contributed by atoms with Crippen molar-refractivity contribution in [2.45, 2.75) is 0 Å². The van der Waals surface area contributed by atoms with Crippen LogP contribution in [0, 0.1) is 10.1 Å². The Kier molecular flexibility index (Phi) is 4.28. The Morgan fingerprint density at radius 1 is 1.62 bits per heavy atom. The molecule has 0 saturated heterocycles. The van der Waals surface area contributed by atoms with Crippen LogP contribution in [0.5, 0.6) is 5.75 Å². The Hall–Kier alpha value is -1.59. The number of aliphatic hydroxyl groups is 1. The van der Waals surface area contributed by atoms with Crippen LogP contribution in [0.25, 0.3) is 6.08 Å². The van der Waals surface area contributed by atoms with E-state index in [0.29, 0.717) is 10.6 Å². The number of nitro benzene ring substituents is 1. The van der Waals surface area contributed by atoms with Crippen molar-refractivity contribution in [2.75, 3.05) is 13.7 Å². The molecule has 0 saturated carbocycles. The van der Waals surface area contributed by atoms with Gasteiger partial charge in [-0.25, -0.2) is 0 Å². The SMILES string of the molecule is COc1cc(Cl)c(C=CCO)cc1[N+](=O)[O-]. The van der Waals surface area contributed by atoms with Crippen molar-refractivity contribution in [2.24, 2.45) is 0 Å². The van der Waals surface area contributed by atoms with Gasteiger partial charge in [-0.1, -0.05) is 23.8 Å². The molecule has 1 aromatic carbocycles. The van der Waals surface area contributed by atoms with Gasteiger partial charge in [0.05, 0.1) is 23.7 Å². The molecule has 0 heterocycles. The number of methoxy groups -OCH3 is 1. The van der Waals surface area contributed by atoms with Crippen molar-refractivity contribution < 1.29 is 14.8 Å². The molecule has 0 aromatic heterocycles. The molecular weight excluding hydrogens is 234 g/mol. The number of aliphatic hydroxyl groups excluding tert-OH is 1. The minimum absolute atomic E-state index is 0.108. The maximum atomic E-state index is 10.7. The van der Waals surface area contributed by atoms with Gasteiger partial charge >= 0.3 is 5.69 Å². The molecule has 0 unspecified atom stereocenters. The van der Waals surface area contributed by atoms with Gasteiger partial charge in [0, 0.05) is 12.1 Å². The van der Waals surface area contributed by atoms with Crippen molar-refractivity contribution in [1.82, 2.24) is 0 Å². The second kappa shape index (κ2) is 5.48. The van der Waals surface area contributed by atoms with Crippen molar-refractivity contribution in [3.8, 4) is 5.75 Å². The van der Waals surface area contributed by atoms with Crippen LogP contribution in [-0.2, 0) is 0 Å². The van der Waals surface area contributed by atoms with Crippen molar-refractivity contribution in [3.63, 3.8) is 0 Å². The Bertz CT molecular complexity index is 431. The maximum Gasteiger partial charge on any atom is 0.311 e. The number of benzene rings is 1. The first-order valence-corrected chi connectivity index (χ1v) is 4.77. The van der Waals surface area contributed by atoms with E-state index in [1.54, 1.807) is 0 Å². The summed E-state index contributed by atoms with van der Waals surface area (Å²) in [7, 11) is 1.34. The molecule has 1 rings (SSSR count). The number of nitrogens with zero attached hydrogens (tertiary/aromatic N) is 1. The number of hydrogen-bond donors (Lipinski definition) is 1. The van der Waals surface area contributed by atoms with Gasteiger partial charge in [-0.2, -0.15) is 0 Å². The first kappa shape index (κ1) is 12.5. The first-order valence-electron chi connectivity index (χ1n) is 4.39. The summed E-state index contributed by atoms with van der Waals surface area (Å²) < 4.78 is 4.85. The van der Waals surface area contributed by atoms with Gasteiger partial charge < -0.3 is 9.84 Å². The summed E-state index contributed by atoms with van der Waals surface area (Å²) >= 11 is 5.89. The van der Waals surface area contributed by atoms with Crippen molar-refractivity contribution in [3.05, 3.63) is 38.9 Å². The topological polar surface area (TPSA) is 72.6 Å². The fourth-order valence-electron chi connectivity index (χ4n) is 1.17. The van der Waals surface area contributed by atoms with E-state index in [9.17, 15) is 10.1 Å². The molecule has 6 heteroatoms. The highest BCUT2D eigenvalue weighted by Crippen LogP contribution is 2.33. The fraction of sp³-hybridized carbons (Fsp3) is 0.200. The first-order chi connectivity index (χ1) is 7.60. The molecule has 0 fully saturated rings. The average molecular weight is 244 g/mol. The molecule has 86 valence electrons. The van der Waals surface area contributed by atoms with Gasteiger partial charge in [-0.05, 0) is 5.56 Å². The zero-order valence-corrected chi connectivity index (χ0v) is 9.27. The molecule has 0 spiro atoms. The summed E-state index contributed by atoms with van der Waals surface area (Å²) in [4.78, 5) is 10.2. The quantitative estimate of drug-likeness (QED) is 0.650. The lowest BCUT2D eigenvalue weighted by Crippen LogP contribution is -1.94. The molecule has 0 bridgehead atoms. The van der Waals surface area contributed by atoms with Crippen LogP contribution in [0.3, 0.4) is 0 Å². The third-order valence-corrected chi connectivity index (χ3v) is 2.23. The molecule has 1 N–H and O–H groups in total. The third-order valence-electron chi connectivity index (χ3n) is 1.90. The third kappa shape index (κ3) is 2.71. The number of rotatable bonds is 4. The molecule has 0 atom stereocenters. The molecule has 5 nitrogen and oxygen atoms in total. The highest BCUT2D eigenvalue weighted by atomic mass is 35.5. The van der Waals surface area contributed by atoms with E-state index in [-0.39, 0.29) is 18.0 Å². The van der Waals surface area contributed by atoms with Crippen LogP contribution in [0.15, 0.2) is 18.2 Å². The number of ether oxygens (including phenoxy) is 1. The fourth-order valence-corrected chi connectivity index (χ4v) is 1.39. The van der Waals surface area contributed by atoms with E-state index >= 15 is 0 Å². The highest BCUT2D eigenvalue weighted by molar-refractivity contribution is 6.32. The average Bonchev–Trinajstić information content (AvgIpc) is 2.26. The summed E-state index contributed by atoms with van der Waals surface area (Å²) in [6.45, 7) is -0.157. The van der Waals surface area contributed by atoms with Gasteiger partial charge in [0.25, 0.3) is 0 Å². The van der Waals surface area contributed by atoms with E-state index in [0.717, 1.165) is 0 Å². The molecule has 1 aromatic rings. The van der Waals surface area contributed by atoms with Gasteiger partial charge in [0.2, 0.25) is 0 Å². The summed E-state index contributed by atoms with van der Waals surface area (Å²) in [6.07, 6.45) is 2.95. The van der Waals surface area contributed by atoms with Crippen molar-refractivity contribution in [1.29, 1.82) is 0 Å². The zero-order valence-electron chi connectivity index (χ0n) is 8.51. The Morgan fingerprint density at radius 3 is 2.81 bits per heavy atom. The van der Waals surface area contributed by atoms with E-state index in [2.05, 4.69) is 0 Å². The predicted octanol–water partition coefficient (Wildman–Crippen LogP) is 2.26. The van der Waals surface area contributed by atoms with Crippen molar-refractivity contribution >= 4 is 23.4 Å². The second-order valence-corrected chi connectivity index (χ2v) is 3.29. The van der Waals surface area contributed by atoms with Crippen LogP contribution in [0.1, 0.15) is 5.56 Å². The largest absolute Gasteiger partial charge is 0.490 e. The predicted molar refractivity (Wildman–Crippen MR) is 60.8 cm³/mol. The smallest absolute Gasteiger partial charge is 0.311 e. The lowest BCUT2D eigenvalue weighted by atomic mass is 10.1. The molecule has 0 amide bonds. The van der Waals surface area contributed by atoms with Gasteiger partial charge in [-0.15, -0.1) is 0 Å². The van der Waals surface area contributed by atoms with E-state index in [1.165, 1.54) is 31.4 Å². The number of nitro groups is 1. The maximum absolute atomic E-state index is 10.7. The Labute approximate surface area is 97.1 Å². The zero-order chi connectivity index (χ0) is 12.1. The lowest BCUT2D eigenvalue weighted by molar-refractivity contribution is -0.385. The molecule has 0 aliphatic carbocycles. The van der Waals surface area contributed by atoms with Gasteiger partial charge in [-0.3, -0.25) is 10.1 Å². The van der Waals surface area contributed by atoms with Gasteiger partial charge in [0.15, 0.2) is 5.75 Å². The molecular formula is C10H10ClNO4. The Morgan fingerprint density at radius 2 is 2.31 bits per heavy atom. The van der Waals surface area contributed by atoms with Crippen LogP contribution in [0.2, 0.25) is 5.02 Å². The monoisotopic (exact) mass is 243 g/mol. The van der Waals surface area contributed by atoms with E-state index < -0.39 is 4.92 Å².